The second-order valence-corrected chi connectivity index (χ2v) is 3.58. The van der Waals surface area contributed by atoms with E-state index in [0.717, 1.165) is 6.42 Å². The molecule has 0 bridgehead atoms. The average Bonchev–Trinajstić information content (AvgIpc) is 2.13. The van der Waals surface area contributed by atoms with Gasteiger partial charge in [0.2, 0.25) is 0 Å². The molecule has 0 radical (unpaired) electrons. The number of rotatable bonds is 3. The Bertz CT molecular complexity index is 350. The molecule has 0 aromatic heterocycles. The van der Waals surface area contributed by atoms with E-state index in [4.69, 9.17) is 28.9 Å². The molecule has 14 heavy (non-hydrogen) atoms. The van der Waals surface area contributed by atoms with Crippen LogP contribution in [-0.4, -0.2) is 6.54 Å². The molecule has 1 rings (SSSR count). The fourth-order valence-corrected chi connectivity index (χ4v) is 1.39. The first-order valence-corrected chi connectivity index (χ1v) is 4.92. The van der Waals surface area contributed by atoms with E-state index in [2.05, 4.69) is 0 Å². The second kappa shape index (κ2) is 5.35. The fourth-order valence-electron chi connectivity index (χ4n) is 1.00. The van der Waals surface area contributed by atoms with Gasteiger partial charge in [-0.15, -0.1) is 0 Å². The van der Waals surface area contributed by atoms with Crippen molar-refractivity contribution >= 4 is 29.3 Å². The van der Waals surface area contributed by atoms with E-state index in [1.807, 2.05) is 6.08 Å². The van der Waals surface area contributed by atoms with Gasteiger partial charge in [0.25, 0.3) is 0 Å². The number of hydrogen-bond donors (Lipinski definition) is 1. The molecule has 0 aliphatic rings. The van der Waals surface area contributed by atoms with Gasteiger partial charge in [-0.2, -0.15) is 0 Å². The Kier molecular flexibility index (Phi) is 4.39. The Morgan fingerprint density at radius 1 is 1.36 bits per heavy atom. The summed E-state index contributed by atoms with van der Waals surface area (Å²) in [5.41, 5.74) is 5.88. The molecule has 0 saturated carbocycles. The molecule has 0 amide bonds. The molecule has 1 aromatic rings. The van der Waals surface area contributed by atoms with Gasteiger partial charge in [-0.25, -0.2) is 4.39 Å². The van der Waals surface area contributed by atoms with E-state index in [-0.39, 0.29) is 5.02 Å². The predicted octanol–water partition coefficient (Wildman–Crippen LogP) is 3.49. The highest BCUT2D eigenvalue weighted by molar-refractivity contribution is 6.34. The highest BCUT2D eigenvalue weighted by atomic mass is 35.5. The summed E-state index contributed by atoms with van der Waals surface area (Å²) in [4.78, 5) is 0. The maximum atomic E-state index is 13.1. The van der Waals surface area contributed by atoms with E-state index in [1.54, 1.807) is 12.1 Å². The molecule has 76 valence electrons. The molecule has 0 heterocycles. The molecular weight excluding hydrogens is 224 g/mol. The zero-order chi connectivity index (χ0) is 10.6. The number of halogens is 3. The molecule has 0 aliphatic carbocycles. The number of hydrogen-bond acceptors (Lipinski definition) is 1. The lowest BCUT2D eigenvalue weighted by molar-refractivity contribution is 0.628. The molecule has 0 fully saturated rings. The molecular formula is C10H10Cl2FN. The molecule has 0 atom stereocenters. The van der Waals surface area contributed by atoms with E-state index in [9.17, 15) is 4.39 Å². The van der Waals surface area contributed by atoms with Crippen LogP contribution in [0.2, 0.25) is 10.0 Å². The Hall–Kier alpha value is -0.570. The molecule has 4 heteroatoms. The summed E-state index contributed by atoms with van der Waals surface area (Å²) in [6.45, 7) is 0.553. The maximum Gasteiger partial charge on any atom is 0.143 e. The first kappa shape index (κ1) is 11.5. The van der Waals surface area contributed by atoms with E-state index >= 15 is 0 Å². The molecule has 0 spiro atoms. The average molecular weight is 234 g/mol. The summed E-state index contributed by atoms with van der Waals surface area (Å²) >= 11 is 11.4. The van der Waals surface area contributed by atoms with Crippen LogP contribution in [0.4, 0.5) is 4.39 Å². The third-order valence-corrected chi connectivity index (χ3v) is 2.27. The highest BCUT2D eigenvalue weighted by Gasteiger charge is 2.05. The molecule has 0 aliphatic heterocycles. The lowest BCUT2D eigenvalue weighted by Gasteiger charge is -2.00. The standard InChI is InChI=1S/C10H10Cl2FN/c11-8-5-7(3-1-2-4-14)10(12)9(13)6-8/h1,3,5-6H,2,4,14H2. The summed E-state index contributed by atoms with van der Waals surface area (Å²) in [5, 5.41) is 0.418. The second-order valence-electron chi connectivity index (χ2n) is 2.77. The van der Waals surface area contributed by atoms with Crippen LogP contribution >= 0.6 is 23.2 Å². The largest absolute Gasteiger partial charge is 0.330 e. The maximum absolute atomic E-state index is 13.1. The van der Waals surface area contributed by atoms with Crippen molar-refractivity contribution in [2.45, 2.75) is 6.42 Å². The van der Waals surface area contributed by atoms with Gasteiger partial charge in [0.1, 0.15) is 5.82 Å². The first-order chi connectivity index (χ1) is 6.65. The van der Waals surface area contributed by atoms with Crippen LogP contribution in [0.5, 0.6) is 0 Å². The minimum atomic E-state index is -0.508. The Morgan fingerprint density at radius 3 is 2.71 bits per heavy atom. The Balaban J connectivity index is 2.96. The summed E-state index contributed by atoms with van der Waals surface area (Å²) < 4.78 is 13.1. The van der Waals surface area contributed by atoms with Crippen molar-refractivity contribution in [2.75, 3.05) is 6.54 Å². The van der Waals surface area contributed by atoms with Gasteiger partial charge in [0, 0.05) is 5.02 Å². The van der Waals surface area contributed by atoms with Crippen LogP contribution < -0.4 is 5.73 Å². The van der Waals surface area contributed by atoms with Crippen LogP contribution in [-0.2, 0) is 0 Å². The SMILES string of the molecule is NCCC=Cc1cc(Cl)cc(F)c1Cl. The van der Waals surface area contributed by atoms with E-state index in [0.29, 0.717) is 17.1 Å². The van der Waals surface area contributed by atoms with Gasteiger partial charge in [-0.3, -0.25) is 0 Å². The van der Waals surface area contributed by atoms with Crippen LogP contribution in [0.15, 0.2) is 18.2 Å². The van der Waals surface area contributed by atoms with Crippen molar-refractivity contribution in [3.05, 3.63) is 39.6 Å². The third-order valence-electron chi connectivity index (χ3n) is 1.65. The lowest BCUT2D eigenvalue weighted by Crippen LogP contribution is -1.95. The van der Waals surface area contributed by atoms with Gasteiger partial charge in [-0.1, -0.05) is 35.4 Å². The smallest absolute Gasteiger partial charge is 0.143 e. The van der Waals surface area contributed by atoms with Gasteiger partial charge in [0.05, 0.1) is 5.02 Å². The zero-order valence-corrected chi connectivity index (χ0v) is 8.95. The normalized spacial score (nSPS) is 11.1. The fraction of sp³-hybridized carbons (Fsp3) is 0.200. The van der Waals surface area contributed by atoms with Crippen molar-refractivity contribution in [3.8, 4) is 0 Å². The van der Waals surface area contributed by atoms with E-state index < -0.39 is 5.82 Å². The summed E-state index contributed by atoms with van der Waals surface area (Å²) in [5.74, 6) is -0.508. The van der Waals surface area contributed by atoms with Crippen molar-refractivity contribution < 1.29 is 4.39 Å². The first-order valence-electron chi connectivity index (χ1n) is 4.16. The topological polar surface area (TPSA) is 26.0 Å². The predicted molar refractivity (Wildman–Crippen MR) is 59.1 cm³/mol. The summed E-state index contributed by atoms with van der Waals surface area (Å²) in [7, 11) is 0. The van der Waals surface area contributed by atoms with Gasteiger partial charge >= 0.3 is 0 Å². The van der Waals surface area contributed by atoms with Crippen LogP contribution in [0, 0.1) is 5.82 Å². The van der Waals surface area contributed by atoms with Crippen molar-refractivity contribution in [1.82, 2.24) is 0 Å². The minimum absolute atomic E-state index is 0.0858. The Morgan fingerprint density at radius 2 is 2.07 bits per heavy atom. The molecule has 0 saturated heterocycles. The molecule has 1 aromatic carbocycles. The third kappa shape index (κ3) is 2.98. The quantitative estimate of drug-likeness (QED) is 0.796. The Labute approximate surface area is 92.3 Å². The van der Waals surface area contributed by atoms with Gasteiger partial charge < -0.3 is 5.73 Å². The number of nitrogens with two attached hydrogens (primary N) is 1. The van der Waals surface area contributed by atoms with Crippen molar-refractivity contribution in [3.63, 3.8) is 0 Å². The van der Waals surface area contributed by atoms with Gasteiger partial charge in [-0.05, 0) is 30.7 Å². The molecule has 1 nitrogen and oxygen atoms in total. The highest BCUT2D eigenvalue weighted by Crippen LogP contribution is 2.25. The van der Waals surface area contributed by atoms with E-state index in [1.165, 1.54) is 6.07 Å². The number of benzene rings is 1. The summed E-state index contributed by atoms with van der Waals surface area (Å²) in [6, 6.07) is 2.80. The van der Waals surface area contributed by atoms with Crippen molar-refractivity contribution in [1.29, 1.82) is 0 Å². The monoisotopic (exact) mass is 233 g/mol. The zero-order valence-electron chi connectivity index (χ0n) is 7.43. The van der Waals surface area contributed by atoms with Crippen LogP contribution in [0.25, 0.3) is 6.08 Å². The lowest BCUT2D eigenvalue weighted by atomic mass is 10.2. The molecule has 2 N–H and O–H groups in total. The minimum Gasteiger partial charge on any atom is -0.330 e. The van der Waals surface area contributed by atoms with Crippen LogP contribution in [0.3, 0.4) is 0 Å². The summed E-state index contributed by atoms with van der Waals surface area (Å²) in [6.07, 6.45) is 4.27. The van der Waals surface area contributed by atoms with Crippen molar-refractivity contribution in [2.24, 2.45) is 5.73 Å². The van der Waals surface area contributed by atoms with Crippen LogP contribution in [0.1, 0.15) is 12.0 Å². The molecule has 0 unspecified atom stereocenters. The van der Waals surface area contributed by atoms with Gasteiger partial charge in [0.15, 0.2) is 0 Å².